The molecule has 0 aliphatic heterocycles. The van der Waals surface area contributed by atoms with E-state index in [-0.39, 0.29) is 5.75 Å². The molecule has 0 bridgehead atoms. The van der Waals surface area contributed by atoms with E-state index >= 15 is 0 Å². The van der Waals surface area contributed by atoms with Gasteiger partial charge in [-0.05, 0) is 36.8 Å². The number of phenols is 1. The third-order valence-electron chi connectivity index (χ3n) is 2.74. The van der Waals surface area contributed by atoms with Crippen LogP contribution in [0.5, 0.6) is 5.75 Å². The van der Waals surface area contributed by atoms with Crippen LogP contribution in [0.1, 0.15) is 5.56 Å². The predicted molar refractivity (Wildman–Crippen MR) is 65.8 cm³/mol. The van der Waals surface area contributed by atoms with E-state index in [1.807, 2.05) is 31.2 Å². The first-order chi connectivity index (χ1) is 8.24. The zero-order valence-electron chi connectivity index (χ0n) is 9.34. The van der Waals surface area contributed by atoms with E-state index in [2.05, 4.69) is 5.16 Å². The fourth-order valence-corrected chi connectivity index (χ4v) is 1.91. The Balaban J connectivity index is 2.24. The second-order valence-corrected chi connectivity index (χ2v) is 4.08. The fourth-order valence-electron chi connectivity index (χ4n) is 1.91. The molecule has 1 N–H and O–H groups in total. The van der Waals surface area contributed by atoms with Crippen molar-refractivity contribution >= 4 is 10.9 Å². The Kier molecular flexibility index (Phi) is 2.11. The van der Waals surface area contributed by atoms with Gasteiger partial charge < -0.3 is 9.63 Å². The van der Waals surface area contributed by atoms with Gasteiger partial charge in [0.25, 0.3) is 0 Å². The molecule has 17 heavy (non-hydrogen) atoms. The molecule has 0 aliphatic rings. The van der Waals surface area contributed by atoms with Gasteiger partial charge in [-0.1, -0.05) is 23.4 Å². The van der Waals surface area contributed by atoms with Gasteiger partial charge in [0.2, 0.25) is 0 Å². The van der Waals surface area contributed by atoms with Crippen LogP contribution in [0.15, 0.2) is 47.0 Å². The number of aromatic nitrogens is 1. The number of benzene rings is 2. The number of hydrogen-bond acceptors (Lipinski definition) is 3. The summed E-state index contributed by atoms with van der Waals surface area (Å²) in [5.41, 5.74) is 2.81. The topological polar surface area (TPSA) is 46.3 Å². The molecule has 1 aromatic heterocycles. The number of phenolic OH excluding ortho intramolecular Hbond substituents is 1. The molecule has 0 saturated heterocycles. The van der Waals surface area contributed by atoms with Crippen molar-refractivity contribution in [3.63, 3.8) is 0 Å². The molecule has 0 spiro atoms. The van der Waals surface area contributed by atoms with Crippen molar-refractivity contribution in [2.24, 2.45) is 0 Å². The van der Waals surface area contributed by atoms with E-state index in [4.69, 9.17) is 4.52 Å². The lowest BCUT2D eigenvalue weighted by molar-refractivity contribution is 0.440. The minimum absolute atomic E-state index is 0.221. The molecule has 3 rings (SSSR count). The standard InChI is InChI=1S/C14H11NO2/c1-9-5-6-12-13(7-9)15-17-14(12)10-3-2-4-11(16)8-10/h2-8,16H,1H3. The second kappa shape index (κ2) is 3.63. The molecule has 0 fully saturated rings. The van der Waals surface area contributed by atoms with Crippen molar-refractivity contribution < 1.29 is 9.63 Å². The van der Waals surface area contributed by atoms with Crippen molar-refractivity contribution in [2.45, 2.75) is 6.92 Å². The van der Waals surface area contributed by atoms with Crippen molar-refractivity contribution in [3.05, 3.63) is 48.0 Å². The molecule has 0 unspecified atom stereocenters. The third-order valence-corrected chi connectivity index (χ3v) is 2.74. The molecule has 3 aromatic rings. The third kappa shape index (κ3) is 1.65. The maximum Gasteiger partial charge on any atom is 0.174 e. The van der Waals surface area contributed by atoms with Gasteiger partial charge in [-0.25, -0.2) is 0 Å². The van der Waals surface area contributed by atoms with Crippen LogP contribution >= 0.6 is 0 Å². The van der Waals surface area contributed by atoms with Gasteiger partial charge >= 0.3 is 0 Å². The molecular formula is C14H11NO2. The van der Waals surface area contributed by atoms with E-state index in [1.54, 1.807) is 18.2 Å². The Morgan fingerprint density at radius 2 is 2.00 bits per heavy atom. The van der Waals surface area contributed by atoms with Crippen molar-refractivity contribution in [3.8, 4) is 17.1 Å². The fraction of sp³-hybridized carbons (Fsp3) is 0.0714. The average molecular weight is 225 g/mol. The van der Waals surface area contributed by atoms with Crippen LogP contribution in [0.3, 0.4) is 0 Å². The van der Waals surface area contributed by atoms with Crippen LogP contribution < -0.4 is 0 Å². The summed E-state index contributed by atoms with van der Waals surface area (Å²) in [6.07, 6.45) is 0. The minimum atomic E-state index is 0.221. The molecule has 3 heteroatoms. The molecule has 0 aliphatic carbocycles. The van der Waals surface area contributed by atoms with Gasteiger partial charge in [0.1, 0.15) is 11.3 Å². The van der Waals surface area contributed by atoms with Crippen molar-refractivity contribution in [1.82, 2.24) is 5.16 Å². The van der Waals surface area contributed by atoms with Crippen LogP contribution in [-0.2, 0) is 0 Å². The normalized spacial score (nSPS) is 10.9. The van der Waals surface area contributed by atoms with E-state index in [0.29, 0.717) is 5.76 Å². The van der Waals surface area contributed by atoms with Gasteiger partial charge in [-0.2, -0.15) is 0 Å². The lowest BCUT2D eigenvalue weighted by Crippen LogP contribution is -1.76. The molecule has 2 aromatic carbocycles. The van der Waals surface area contributed by atoms with Crippen molar-refractivity contribution in [1.29, 1.82) is 0 Å². The van der Waals surface area contributed by atoms with Gasteiger partial charge in [0.05, 0.1) is 0 Å². The van der Waals surface area contributed by atoms with Crippen LogP contribution in [0.2, 0.25) is 0 Å². The van der Waals surface area contributed by atoms with Crippen LogP contribution in [-0.4, -0.2) is 10.3 Å². The van der Waals surface area contributed by atoms with Gasteiger partial charge in [-0.15, -0.1) is 0 Å². The summed E-state index contributed by atoms with van der Waals surface area (Å²) in [6.45, 7) is 2.02. The SMILES string of the molecule is Cc1ccc2c(-c3cccc(O)c3)onc2c1. The summed E-state index contributed by atoms with van der Waals surface area (Å²) in [6, 6.07) is 13.0. The molecule has 0 atom stereocenters. The Hall–Kier alpha value is -2.29. The Labute approximate surface area is 98.3 Å². The zero-order chi connectivity index (χ0) is 11.8. The first-order valence-electron chi connectivity index (χ1n) is 5.39. The molecule has 0 radical (unpaired) electrons. The summed E-state index contributed by atoms with van der Waals surface area (Å²) in [5, 5.41) is 14.5. The smallest absolute Gasteiger partial charge is 0.174 e. The van der Waals surface area contributed by atoms with E-state index < -0.39 is 0 Å². The Morgan fingerprint density at radius 1 is 1.12 bits per heavy atom. The quantitative estimate of drug-likeness (QED) is 0.689. The summed E-state index contributed by atoms with van der Waals surface area (Å²) in [4.78, 5) is 0. The highest BCUT2D eigenvalue weighted by atomic mass is 16.5. The molecule has 3 nitrogen and oxygen atoms in total. The van der Waals surface area contributed by atoms with Crippen LogP contribution in [0.4, 0.5) is 0 Å². The number of hydrogen-bond donors (Lipinski definition) is 1. The second-order valence-electron chi connectivity index (χ2n) is 4.08. The minimum Gasteiger partial charge on any atom is -0.508 e. The van der Waals surface area contributed by atoms with Gasteiger partial charge in [-0.3, -0.25) is 0 Å². The highest BCUT2D eigenvalue weighted by Crippen LogP contribution is 2.30. The largest absolute Gasteiger partial charge is 0.508 e. The first-order valence-corrected chi connectivity index (χ1v) is 5.39. The summed E-state index contributed by atoms with van der Waals surface area (Å²) < 4.78 is 5.35. The number of nitrogens with zero attached hydrogens (tertiary/aromatic N) is 1. The van der Waals surface area contributed by atoms with E-state index in [0.717, 1.165) is 22.0 Å². The van der Waals surface area contributed by atoms with Crippen LogP contribution in [0.25, 0.3) is 22.2 Å². The van der Waals surface area contributed by atoms with Gasteiger partial charge in [0.15, 0.2) is 5.76 Å². The summed E-state index contributed by atoms with van der Waals surface area (Å²) >= 11 is 0. The maximum absolute atomic E-state index is 9.47. The number of aryl methyl sites for hydroxylation is 1. The van der Waals surface area contributed by atoms with Gasteiger partial charge in [0, 0.05) is 10.9 Å². The molecule has 1 heterocycles. The first kappa shape index (κ1) is 9.90. The lowest BCUT2D eigenvalue weighted by Gasteiger charge is -1.97. The highest BCUT2D eigenvalue weighted by molar-refractivity contribution is 5.91. The Morgan fingerprint density at radius 3 is 2.82 bits per heavy atom. The Bertz CT molecular complexity index is 686. The number of fused-ring (bicyclic) bond motifs is 1. The zero-order valence-corrected chi connectivity index (χ0v) is 9.34. The maximum atomic E-state index is 9.47. The molecule has 84 valence electrons. The van der Waals surface area contributed by atoms with E-state index in [1.165, 1.54) is 0 Å². The average Bonchev–Trinajstić information content (AvgIpc) is 2.71. The predicted octanol–water partition coefficient (Wildman–Crippen LogP) is 3.51. The molecule has 0 amide bonds. The lowest BCUT2D eigenvalue weighted by atomic mass is 10.1. The number of rotatable bonds is 1. The van der Waals surface area contributed by atoms with Crippen LogP contribution in [0, 0.1) is 6.92 Å². The highest BCUT2D eigenvalue weighted by Gasteiger charge is 2.10. The monoisotopic (exact) mass is 225 g/mol. The number of aromatic hydroxyl groups is 1. The summed E-state index contributed by atoms with van der Waals surface area (Å²) in [7, 11) is 0. The summed E-state index contributed by atoms with van der Waals surface area (Å²) in [5.74, 6) is 0.912. The molecule has 0 saturated carbocycles. The van der Waals surface area contributed by atoms with Crippen molar-refractivity contribution in [2.75, 3.05) is 0 Å². The van der Waals surface area contributed by atoms with E-state index in [9.17, 15) is 5.11 Å². The molecular weight excluding hydrogens is 214 g/mol.